The first kappa shape index (κ1) is 12.3. The Balaban J connectivity index is 1.63. The Morgan fingerprint density at radius 1 is 1.00 bits per heavy atom. The molecule has 1 N–H and O–H groups in total. The average molecular weight is 226 g/mol. The topological polar surface area (TPSA) is 21.8 Å². The lowest BCUT2D eigenvalue weighted by atomic mass is 10.2. The average Bonchev–Trinajstić information content (AvgIpc) is 2.28. The Bertz CT molecular complexity index is 201. The minimum absolute atomic E-state index is 0.668. The van der Waals surface area contributed by atoms with Crippen molar-refractivity contribution >= 4 is 0 Å². The van der Waals surface area contributed by atoms with Gasteiger partial charge in [-0.3, -0.25) is 9.80 Å². The molecule has 2 rings (SSSR count). The molecule has 0 amide bonds. The lowest BCUT2D eigenvalue weighted by molar-refractivity contribution is 0.125. The van der Waals surface area contributed by atoms with Gasteiger partial charge in [-0.15, -0.1) is 0 Å². The van der Waals surface area contributed by atoms with E-state index < -0.39 is 0 Å². The zero-order valence-corrected chi connectivity index (χ0v) is 10.8. The van der Waals surface area contributed by atoms with E-state index >= 15 is 0 Å². The van der Waals surface area contributed by atoms with Gasteiger partial charge in [0.2, 0.25) is 0 Å². The lowest BCUT2D eigenvalue weighted by Crippen LogP contribution is -2.52. The fraction of sp³-hybridized carbons (Fsp3) is 1.00. The van der Waals surface area contributed by atoms with Gasteiger partial charge in [-0.05, 0) is 14.0 Å². The Labute approximate surface area is 99.6 Å². The number of piperazine rings is 2. The molecule has 0 bridgehead atoms. The largest absolute Gasteiger partial charge is 0.312 e. The van der Waals surface area contributed by atoms with Crippen molar-refractivity contribution in [1.29, 1.82) is 0 Å². The van der Waals surface area contributed by atoms with Gasteiger partial charge < -0.3 is 10.2 Å². The molecular formula is C12H26N4. The van der Waals surface area contributed by atoms with Gasteiger partial charge in [0.1, 0.15) is 0 Å². The van der Waals surface area contributed by atoms with Crippen LogP contribution >= 0.6 is 0 Å². The zero-order valence-electron chi connectivity index (χ0n) is 10.8. The van der Waals surface area contributed by atoms with Crippen molar-refractivity contribution in [3.8, 4) is 0 Å². The summed E-state index contributed by atoms with van der Waals surface area (Å²) in [7, 11) is 2.22. The first-order valence-electron chi connectivity index (χ1n) is 6.60. The van der Waals surface area contributed by atoms with E-state index in [4.69, 9.17) is 0 Å². The first-order valence-corrected chi connectivity index (χ1v) is 6.60. The number of hydrogen-bond donors (Lipinski definition) is 1. The van der Waals surface area contributed by atoms with Crippen LogP contribution < -0.4 is 5.32 Å². The van der Waals surface area contributed by atoms with Gasteiger partial charge in [-0.25, -0.2) is 0 Å². The fourth-order valence-electron chi connectivity index (χ4n) is 2.57. The summed E-state index contributed by atoms with van der Waals surface area (Å²) < 4.78 is 0. The summed E-state index contributed by atoms with van der Waals surface area (Å²) in [5.41, 5.74) is 0. The molecule has 2 aliphatic rings. The van der Waals surface area contributed by atoms with Gasteiger partial charge in [0.05, 0.1) is 0 Å². The maximum absolute atomic E-state index is 3.49. The van der Waals surface area contributed by atoms with E-state index in [0.717, 1.165) is 6.54 Å². The maximum atomic E-state index is 3.49. The van der Waals surface area contributed by atoms with Crippen molar-refractivity contribution in [3.05, 3.63) is 0 Å². The molecule has 94 valence electrons. The highest BCUT2D eigenvalue weighted by Gasteiger charge is 2.18. The van der Waals surface area contributed by atoms with E-state index in [2.05, 4.69) is 34.0 Å². The van der Waals surface area contributed by atoms with E-state index in [1.54, 1.807) is 0 Å². The number of likely N-dealkylation sites (N-methyl/N-ethyl adjacent to an activating group) is 1. The summed E-state index contributed by atoms with van der Waals surface area (Å²) in [6, 6.07) is 0.668. The number of nitrogens with one attached hydrogen (secondary N) is 1. The predicted molar refractivity (Wildman–Crippen MR) is 67.8 cm³/mol. The van der Waals surface area contributed by atoms with Gasteiger partial charge in [-0.1, -0.05) is 0 Å². The Hall–Kier alpha value is -0.160. The molecule has 4 nitrogen and oxygen atoms in total. The van der Waals surface area contributed by atoms with Crippen LogP contribution in [0.1, 0.15) is 6.92 Å². The third kappa shape index (κ3) is 3.70. The van der Waals surface area contributed by atoms with Crippen LogP contribution in [0.2, 0.25) is 0 Å². The van der Waals surface area contributed by atoms with Gasteiger partial charge in [0.15, 0.2) is 0 Å². The summed E-state index contributed by atoms with van der Waals surface area (Å²) in [4.78, 5) is 7.62. The van der Waals surface area contributed by atoms with Crippen molar-refractivity contribution in [2.24, 2.45) is 0 Å². The smallest absolute Gasteiger partial charge is 0.0167 e. The molecule has 4 heteroatoms. The molecule has 0 saturated carbocycles. The SMILES string of the molecule is CC1CN(CCN2CCN(C)CC2)CCN1. The third-order valence-electron chi connectivity index (χ3n) is 3.78. The van der Waals surface area contributed by atoms with E-state index in [1.165, 1.54) is 52.4 Å². The van der Waals surface area contributed by atoms with E-state index in [-0.39, 0.29) is 0 Å². The van der Waals surface area contributed by atoms with Crippen LogP contribution in [0.5, 0.6) is 0 Å². The highest BCUT2D eigenvalue weighted by atomic mass is 15.3. The molecule has 1 unspecified atom stereocenters. The summed E-state index contributed by atoms with van der Waals surface area (Å²) in [5.74, 6) is 0. The van der Waals surface area contributed by atoms with Gasteiger partial charge in [-0.2, -0.15) is 0 Å². The van der Waals surface area contributed by atoms with E-state index in [1.807, 2.05) is 0 Å². The second-order valence-electron chi connectivity index (χ2n) is 5.30. The van der Waals surface area contributed by atoms with Crippen molar-refractivity contribution in [2.75, 3.05) is 66.0 Å². The van der Waals surface area contributed by atoms with Crippen molar-refractivity contribution in [2.45, 2.75) is 13.0 Å². The van der Waals surface area contributed by atoms with Crippen molar-refractivity contribution in [1.82, 2.24) is 20.0 Å². The molecule has 2 fully saturated rings. The number of hydrogen-bond acceptors (Lipinski definition) is 4. The molecule has 2 aliphatic heterocycles. The Morgan fingerprint density at radius 2 is 1.69 bits per heavy atom. The van der Waals surface area contributed by atoms with Crippen LogP contribution in [0.15, 0.2) is 0 Å². The quantitative estimate of drug-likeness (QED) is 0.702. The summed E-state index contributed by atoms with van der Waals surface area (Å²) in [6.07, 6.45) is 0. The molecule has 2 heterocycles. The molecule has 0 radical (unpaired) electrons. The molecular weight excluding hydrogens is 200 g/mol. The van der Waals surface area contributed by atoms with Crippen LogP contribution in [-0.4, -0.2) is 86.7 Å². The standard InChI is InChI=1S/C12H26N4/c1-12-11-16(4-3-13-12)10-9-15-7-5-14(2)6-8-15/h12-13H,3-11H2,1-2H3. The molecule has 0 spiro atoms. The van der Waals surface area contributed by atoms with E-state index in [9.17, 15) is 0 Å². The molecule has 0 aromatic heterocycles. The molecule has 16 heavy (non-hydrogen) atoms. The predicted octanol–water partition coefficient (Wildman–Crippen LogP) is -0.472. The van der Waals surface area contributed by atoms with Crippen LogP contribution in [0.4, 0.5) is 0 Å². The third-order valence-corrected chi connectivity index (χ3v) is 3.78. The number of rotatable bonds is 3. The minimum atomic E-state index is 0.668. The van der Waals surface area contributed by atoms with Crippen molar-refractivity contribution < 1.29 is 0 Å². The summed E-state index contributed by atoms with van der Waals surface area (Å²) in [5, 5.41) is 3.49. The second-order valence-corrected chi connectivity index (χ2v) is 5.30. The first-order chi connectivity index (χ1) is 7.74. The van der Waals surface area contributed by atoms with Crippen LogP contribution in [0, 0.1) is 0 Å². The summed E-state index contributed by atoms with van der Waals surface area (Å²) >= 11 is 0. The maximum Gasteiger partial charge on any atom is 0.0167 e. The highest BCUT2D eigenvalue weighted by molar-refractivity contribution is 4.77. The lowest BCUT2D eigenvalue weighted by Gasteiger charge is -2.36. The zero-order chi connectivity index (χ0) is 11.4. The van der Waals surface area contributed by atoms with Gasteiger partial charge in [0, 0.05) is 64.9 Å². The van der Waals surface area contributed by atoms with Crippen molar-refractivity contribution in [3.63, 3.8) is 0 Å². The van der Waals surface area contributed by atoms with Crippen LogP contribution in [0.3, 0.4) is 0 Å². The molecule has 0 aromatic carbocycles. The van der Waals surface area contributed by atoms with Crippen LogP contribution in [0.25, 0.3) is 0 Å². The minimum Gasteiger partial charge on any atom is -0.312 e. The molecule has 0 aliphatic carbocycles. The van der Waals surface area contributed by atoms with Gasteiger partial charge in [0.25, 0.3) is 0 Å². The summed E-state index contributed by atoms with van der Waals surface area (Å²) in [6.45, 7) is 13.3. The molecule has 0 aromatic rings. The second kappa shape index (κ2) is 5.96. The molecule has 1 atom stereocenters. The molecule has 2 saturated heterocycles. The normalized spacial score (nSPS) is 30.8. The van der Waals surface area contributed by atoms with E-state index in [0.29, 0.717) is 6.04 Å². The highest BCUT2D eigenvalue weighted by Crippen LogP contribution is 2.02. The number of nitrogens with zero attached hydrogens (tertiary/aromatic N) is 3. The van der Waals surface area contributed by atoms with Crippen LogP contribution in [-0.2, 0) is 0 Å². The fourth-order valence-corrected chi connectivity index (χ4v) is 2.57. The monoisotopic (exact) mass is 226 g/mol. The van der Waals surface area contributed by atoms with Gasteiger partial charge >= 0.3 is 0 Å². The Morgan fingerprint density at radius 3 is 2.38 bits per heavy atom. The Kier molecular flexibility index (Phi) is 4.58.